The lowest BCUT2D eigenvalue weighted by atomic mass is 10.2. The third-order valence-corrected chi connectivity index (χ3v) is 1.78. The first kappa shape index (κ1) is 10.2. The van der Waals surface area contributed by atoms with Gasteiger partial charge in [0.15, 0.2) is 0 Å². The average molecular weight is 194 g/mol. The van der Waals surface area contributed by atoms with Crippen molar-refractivity contribution in [3.8, 4) is 0 Å². The predicted molar refractivity (Wildman–Crippen MR) is 52.0 cm³/mol. The number of carbonyl (C=O) groups excluding carboxylic acids is 1. The Morgan fingerprint density at radius 2 is 2.07 bits per heavy atom. The number of nitroso groups, excluding NO2 is 1. The second-order valence-electron chi connectivity index (χ2n) is 2.61. The number of benzene rings is 1. The van der Waals surface area contributed by atoms with Crippen molar-refractivity contribution in [3.05, 3.63) is 34.7 Å². The number of anilines is 1. The van der Waals surface area contributed by atoms with Crippen molar-refractivity contribution in [3.63, 3.8) is 0 Å². The first-order chi connectivity index (χ1) is 6.70. The Bertz CT molecular complexity index is 352. The number of carbonyl (C=O) groups is 1. The summed E-state index contributed by atoms with van der Waals surface area (Å²) in [6.45, 7) is 0. The molecule has 0 aliphatic rings. The molecule has 0 aromatic heterocycles. The number of hydrogen-bond donors (Lipinski definition) is 0. The van der Waals surface area contributed by atoms with E-state index in [1.807, 2.05) is 0 Å². The average Bonchev–Trinajstić information content (AvgIpc) is 2.27. The lowest BCUT2D eigenvalue weighted by Crippen LogP contribution is -2.13. The van der Waals surface area contributed by atoms with Crippen LogP contribution in [-0.4, -0.2) is 20.1 Å². The van der Waals surface area contributed by atoms with Crippen molar-refractivity contribution in [2.24, 2.45) is 5.29 Å². The number of rotatable bonds is 3. The minimum absolute atomic E-state index is 0.317. The molecule has 0 fully saturated rings. The molecule has 0 aliphatic heterocycles. The predicted octanol–water partition coefficient (Wildman–Crippen LogP) is 1.59. The molecular formula is C9H10N2O3. The van der Waals surface area contributed by atoms with Gasteiger partial charge in [0, 0.05) is 7.05 Å². The van der Waals surface area contributed by atoms with Crippen molar-refractivity contribution >= 4 is 11.7 Å². The molecule has 0 saturated heterocycles. The summed E-state index contributed by atoms with van der Waals surface area (Å²) < 4.78 is 4.56. The van der Waals surface area contributed by atoms with Crippen LogP contribution in [0.25, 0.3) is 0 Å². The Morgan fingerprint density at radius 3 is 2.64 bits per heavy atom. The molecule has 0 amide bonds. The molecule has 5 nitrogen and oxygen atoms in total. The molecule has 5 heteroatoms. The van der Waals surface area contributed by atoms with E-state index >= 15 is 0 Å². The van der Waals surface area contributed by atoms with Gasteiger partial charge in [-0.05, 0) is 12.1 Å². The van der Waals surface area contributed by atoms with Gasteiger partial charge in [0.25, 0.3) is 0 Å². The summed E-state index contributed by atoms with van der Waals surface area (Å²) in [5, 5.41) is 3.79. The van der Waals surface area contributed by atoms with Gasteiger partial charge in [-0.25, -0.2) is 9.80 Å². The summed E-state index contributed by atoms with van der Waals surface area (Å²) in [4.78, 5) is 21.6. The molecule has 14 heavy (non-hydrogen) atoms. The molecule has 1 rings (SSSR count). The van der Waals surface area contributed by atoms with Crippen LogP contribution in [0.3, 0.4) is 0 Å². The van der Waals surface area contributed by atoms with Crippen molar-refractivity contribution in [2.45, 2.75) is 0 Å². The number of hydrogen-bond acceptors (Lipinski definition) is 4. The maximum absolute atomic E-state index is 11.3. The zero-order valence-electron chi connectivity index (χ0n) is 7.93. The summed E-state index contributed by atoms with van der Waals surface area (Å²) in [5.74, 6) is -0.490. The highest BCUT2D eigenvalue weighted by molar-refractivity contribution is 5.95. The van der Waals surface area contributed by atoms with Crippen LogP contribution in [0.2, 0.25) is 0 Å². The van der Waals surface area contributed by atoms with Gasteiger partial charge in [-0.1, -0.05) is 12.1 Å². The van der Waals surface area contributed by atoms with E-state index in [4.69, 9.17) is 0 Å². The van der Waals surface area contributed by atoms with Crippen molar-refractivity contribution in [2.75, 3.05) is 19.2 Å². The van der Waals surface area contributed by atoms with Crippen LogP contribution in [0.4, 0.5) is 5.69 Å². The van der Waals surface area contributed by atoms with Crippen molar-refractivity contribution in [1.82, 2.24) is 0 Å². The quantitative estimate of drug-likeness (QED) is 0.416. The van der Waals surface area contributed by atoms with E-state index < -0.39 is 5.97 Å². The third-order valence-electron chi connectivity index (χ3n) is 1.78. The molecule has 0 aliphatic carbocycles. The molecule has 0 unspecified atom stereocenters. The summed E-state index contributed by atoms with van der Waals surface area (Å²) in [6, 6.07) is 6.59. The van der Waals surface area contributed by atoms with E-state index in [-0.39, 0.29) is 0 Å². The lowest BCUT2D eigenvalue weighted by Gasteiger charge is -2.11. The monoisotopic (exact) mass is 194 g/mol. The fourth-order valence-electron chi connectivity index (χ4n) is 1.08. The summed E-state index contributed by atoms with van der Waals surface area (Å²) >= 11 is 0. The second kappa shape index (κ2) is 4.36. The van der Waals surface area contributed by atoms with Crippen LogP contribution in [-0.2, 0) is 4.74 Å². The molecular weight excluding hydrogens is 184 g/mol. The van der Waals surface area contributed by atoms with E-state index in [0.29, 0.717) is 11.3 Å². The third kappa shape index (κ3) is 1.87. The van der Waals surface area contributed by atoms with Crippen LogP contribution < -0.4 is 5.01 Å². The minimum Gasteiger partial charge on any atom is -0.465 e. The van der Waals surface area contributed by atoms with Gasteiger partial charge >= 0.3 is 5.97 Å². The Morgan fingerprint density at radius 1 is 1.43 bits per heavy atom. The maximum Gasteiger partial charge on any atom is 0.340 e. The fraction of sp³-hybridized carbons (Fsp3) is 0.222. The van der Waals surface area contributed by atoms with E-state index in [1.54, 1.807) is 24.3 Å². The fourth-order valence-corrected chi connectivity index (χ4v) is 1.08. The van der Waals surface area contributed by atoms with Crippen LogP contribution in [0.5, 0.6) is 0 Å². The first-order valence-electron chi connectivity index (χ1n) is 3.95. The highest BCUT2D eigenvalue weighted by Crippen LogP contribution is 2.19. The van der Waals surface area contributed by atoms with Crippen LogP contribution in [0.1, 0.15) is 10.4 Å². The highest BCUT2D eigenvalue weighted by Gasteiger charge is 2.13. The maximum atomic E-state index is 11.3. The van der Waals surface area contributed by atoms with Gasteiger partial charge in [0.05, 0.1) is 23.6 Å². The topological polar surface area (TPSA) is 59.0 Å². The van der Waals surface area contributed by atoms with E-state index in [2.05, 4.69) is 10.0 Å². The van der Waals surface area contributed by atoms with Crippen LogP contribution in [0.15, 0.2) is 29.6 Å². The molecule has 0 atom stereocenters. The molecule has 0 heterocycles. The Hall–Kier alpha value is -1.91. The van der Waals surface area contributed by atoms with Gasteiger partial charge in [0.2, 0.25) is 0 Å². The van der Waals surface area contributed by atoms with Crippen LogP contribution in [0, 0.1) is 4.91 Å². The SMILES string of the molecule is COC(=O)c1ccccc1N(C)N=O. The van der Waals surface area contributed by atoms with Crippen LogP contribution >= 0.6 is 0 Å². The van der Waals surface area contributed by atoms with Crippen molar-refractivity contribution < 1.29 is 9.53 Å². The first-order valence-corrected chi connectivity index (χ1v) is 3.95. The number of nitrogens with zero attached hydrogens (tertiary/aromatic N) is 2. The number of ether oxygens (including phenoxy) is 1. The van der Waals surface area contributed by atoms with Gasteiger partial charge in [-0.3, -0.25) is 0 Å². The molecule has 0 bridgehead atoms. The molecule has 1 aromatic carbocycles. The van der Waals surface area contributed by atoms with E-state index in [0.717, 1.165) is 5.01 Å². The van der Waals surface area contributed by atoms with Gasteiger partial charge in [-0.2, -0.15) is 0 Å². The van der Waals surface area contributed by atoms with E-state index in [1.165, 1.54) is 14.2 Å². The molecule has 0 radical (unpaired) electrons. The van der Waals surface area contributed by atoms with Gasteiger partial charge in [0.1, 0.15) is 0 Å². The number of methoxy groups -OCH3 is 1. The summed E-state index contributed by atoms with van der Waals surface area (Å²) in [5.41, 5.74) is 0.742. The zero-order valence-corrected chi connectivity index (χ0v) is 7.93. The Labute approximate surface area is 81.2 Å². The van der Waals surface area contributed by atoms with Gasteiger partial charge < -0.3 is 4.74 Å². The summed E-state index contributed by atoms with van der Waals surface area (Å²) in [6.07, 6.45) is 0. The molecule has 0 saturated carbocycles. The minimum atomic E-state index is -0.490. The molecule has 74 valence electrons. The normalized spacial score (nSPS) is 9.29. The van der Waals surface area contributed by atoms with Crippen molar-refractivity contribution in [1.29, 1.82) is 0 Å². The van der Waals surface area contributed by atoms with Gasteiger partial charge in [-0.15, -0.1) is 4.91 Å². The largest absolute Gasteiger partial charge is 0.465 e. The summed E-state index contributed by atoms with van der Waals surface area (Å²) in [7, 11) is 2.75. The molecule has 1 aromatic rings. The lowest BCUT2D eigenvalue weighted by molar-refractivity contribution is 0.0601. The highest BCUT2D eigenvalue weighted by atomic mass is 16.5. The smallest absolute Gasteiger partial charge is 0.340 e. The number of esters is 1. The van der Waals surface area contributed by atoms with E-state index in [9.17, 15) is 9.70 Å². The Balaban J connectivity index is 3.15. The number of para-hydroxylation sites is 1. The standard InChI is InChI=1S/C9H10N2O3/c1-11(10-13)8-6-4-3-5-7(8)9(12)14-2/h3-6H,1-2H3. The Kier molecular flexibility index (Phi) is 3.17. The zero-order chi connectivity index (χ0) is 10.6. The molecule has 0 spiro atoms. The molecule has 0 N–H and O–H groups in total. The second-order valence-corrected chi connectivity index (χ2v) is 2.61.